The summed E-state index contributed by atoms with van der Waals surface area (Å²) in [6.07, 6.45) is 51.8. The molecule has 6 atom stereocenters. The number of ether oxygens (including phenoxy) is 5. The molecule has 0 saturated carbocycles. The fourth-order valence-electron chi connectivity index (χ4n) is 8.71. The van der Waals surface area contributed by atoms with Crippen molar-refractivity contribution in [1.82, 2.24) is 0 Å². The van der Waals surface area contributed by atoms with Crippen molar-refractivity contribution in [3.05, 3.63) is 72.9 Å². The van der Waals surface area contributed by atoms with Gasteiger partial charge in [-0.25, -0.2) is 4.79 Å². The smallest absolute Gasteiger partial charge is 0.335 e. The number of carbonyl (C=O) groups is 4. The Bertz CT molecular complexity index is 1580. The first-order valence-electron chi connectivity index (χ1n) is 29.9. The van der Waals surface area contributed by atoms with Crippen molar-refractivity contribution in [3.63, 3.8) is 0 Å². The van der Waals surface area contributed by atoms with Crippen molar-refractivity contribution in [3.8, 4) is 0 Å². The Labute approximate surface area is 455 Å². The summed E-state index contributed by atoms with van der Waals surface area (Å²) in [5.41, 5.74) is 0. The predicted octanol–water partition coefficient (Wildman–Crippen LogP) is 15.3. The third-order valence-electron chi connectivity index (χ3n) is 13.3. The number of aliphatic hydroxyl groups excluding tert-OH is 2. The monoisotopic (exact) mass is 1050 g/mol. The van der Waals surface area contributed by atoms with Crippen LogP contribution in [0, 0.1) is 0 Å². The molecule has 0 spiro atoms. The molecule has 75 heavy (non-hydrogen) atoms. The standard InChI is InChI=1S/C63H106O12/c1-4-7-10-13-16-19-22-25-26-27-28-29-30-33-34-37-40-43-46-49-55(64)71-52-54(73-56(65)50-47-44-41-38-35-31-23-20-17-14-11-8-5-2)53-72-63-61(59(68)58(67)60(75-63)62(69)70)74-57(66)51-48-45-42-39-36-32-24-21-18-15-12-9-6-3/h9,12,16,18-19,21,25-26,32,36,42,45,54,58-61,63,67-68H,4-8,10-11,13-15,17,20,22-24,27-31,33-35,37-41,43-44,46-53H2,1-3H3,(H,69,70)/b12-9-,19-16-,21-18-,26-25-,36-32-,45-42-. The van der Waals surface area contributed by atoms with E-state index in [0.717, 1.165) is 70.6 Å². The fourth-order valence-corrected chi connectivity index (χ4v) is 8.71. The second kappa shape index (κ2) is 50.9. The van der Waals surface area contributed by atoms with E-state index in [4.69, 9.17) is 23.7 Å². The Morgan fingerprint density at radius 1 is 0.453 bits per heavy atom. The van der Waals surface area contributed by atoms with Gasteiger partial charge in [0.1, 0.15) is 18.8 Å². The summed E-state index contributed by atoms with van der Waals surface area (Å²) in [6, 6.07) is 0. The molecule has 12 heteroatoms. The van der Waals surface area contributed by atoms with Gasteiger partial charge in [0.15, 0.2) is 24.6 Å². The molecule has 1 aliphatic rings. The van der Waals surface area contributed by atoms with Gasteiger partial charge in [-0.1, -0.05) is 229 Å². The molecule has 1 heterocycles. The lowest BCUT2D eigenvalue weighted by Gasteiger charge is -2.40. The number of hydrogen-bond acceptors (Lipinski definition) is 11. The molecule has 12 nitrogen and oxygen atoms in total. The highest BCUT2D eigenvalue weighted by Crippen LogP contribution is 2.26. The maximum Gasteiger partial charge on any atom is 0.335 e. The van der Waals surface area contributed by atoms with Gasteiger partial charge in [0.25, 0.3) is 0 Å². The van der Waals surface area contributed by atoms with E-state index in [0.29, 0.717) is 25.7 Å². The van der Waals surface area contributed by atoms with Crippen molar-refractivity contribution in [2.75, 3.05) is 13.2 Å². The molecule has 1 saturated heterocycles. The number of unbranched alkanes of at least 4 members (excludes halogenated alkanes) is 24. The zero-order chi connectivity index (χ0) is 54.7. The van der Waals surface area contributed by atoms with Gasteiger partial charge in [-0.3, -0.25) is 14.4 Å². The maximum atomic E-state index is 13.1. The number of carboxylic acid groups (broad SMARTS) is 1. The summed E-state index contributed by atoms with van der Waals surface area (Å²) in [7, 11) is 0. The Morgan fingerprint density at radius 3 is 1.36 bits per heavy atom. The van der Waals surface area contributed by atoms with Crippen LogP contribution in [0.2, 0.25) is 0 Å². The lowest BCUT2D eigenvalue weighted by molar-refractivity contribution is -0.301. The molecular formula is C63H106O12. The molecule has 0 radical (unpaired) electrons. The lowest BCUT2D eigenvalue weighted by atomic mass is 9.98. The normalized spacial score (nSPS) is 18.7. The number of esters is 3. The van der Waals surface area contributed by atoms with E-state index in [1.165, 1.54) is 116 Å². The van der Waals surface area contributed by atoms with Crippen molar-refractivity contribution >= 4 is 23.9 Å². The second-order valence-corrected chi connectivity index (χ2v) is 20.3. The third kappa shape index (κ3) is 41.0. The van der Waals surface area contributed by atoms with Crippen molar-refractivity contribution in [2.24, 2.45) is 0 Å². The average Bonchev–Trinajstić information content (AvgIpc) is 3.39. The highest BCUT2D eigenvalue weighted by Gasteiger charge is 2.50. The first-order valence-corrected chi connectivity index (χ1v) is 29.9. The van der Waals surface area contributed by atoms with E-state index in [-0.39, 0.29) is 25.9 Å². The number of hydrogen-bond donors (Lipinski definition) is 3. The number of aliphatic hydroxyl groups is 2. The minimum absolute atomic E-state index is 0.0613. The van der Waals surface area contributed by atoms with Gasteiger partial charge in [-0.2, -0.15) is 0 Å². The Kier molecular flexibility index (Phi) is 47.0. The molecule has 1 aliphatic heterocycles. The quantitative estimate of drug-likeness (QED) is 0.0228. The summed E-state index contributed by atoms with van der Waals surface area (Å²) in [5, 5.41) is 31.4. The maximum absolute atomic E-state index is 13.1. The van der Waals surface area contributed by atoms with Gasteiger partial charge < -0.3 is 39.0 Å². The molecule has 0 aliphatic carbocycles. The highest BCUT2D eigenvalue weighted by molar-refractivity contribution is 5.74. The topological polar surface area (TPSA) is 175 Å². The molecule has 6 unspecified atom stereocenters. The summed E-state index contributed by atoms with van der Waals surface area (Å²) in [5.74, 6) is -3.22. The molecule has 1 rings (SSSR count). The fraction of sp³-hybridized carbons (Fsp3) is 0.746. The van der Waals surface area contributed by atoms with Crippen molar-refractivity contribution in [2.45, 2.75) is 289 Å². The minimum atomic E-state index is -1.93. The van der Waals surface area contributed by atoms with Gasteiger partial charge >= 0.3 is 23.9 Å². The molecule has 0 aromatic heterocycles. The minimum Gasteiger partial charge on any atom is -0.479 e. The summed E-state index contributed by atoms with van der Waals surface area (Å²) < 4.78 is 28.3. The SMILES string of the molecule is CC/C=C\C/C=C\C/C=C\C/C=C\CCC(=O)OC1C(OCC(COC(=O)CCCCCCCCCCC/C=C\C/C=C\CCCCC)OC(=O)CCCCCCCCCCCCCCC)OC(C(=O)O)C(O)C1O. The van der Waals surface area contributed by atoms with Gasteiger partial charge in [0.05, 0.1) is 6.61 Å². The molecule has 0 aromatic rings. The zero-order valence-corrected chi connectivity index (χ0v) is 47.3. The predicted molar refractivity (Wildman–Crippen MR) is 303 cm³/mol. The molecule has 0 aromatic carbocycles. The number of carbonyl (C=O) groups excluding carboxylic acids is 3. The van der Waals surface area contributed by atoms with Gasteiger partial charge in [-0.15, -0.1) is 0 Å². The zero-order valence-electron chi connectivity index (χ0n) is 47.3. The summed E-state index contributed by atoms with van der Waals surface area (Å²) in [6.45, 7) is 5.82. The molecular weight excluding hydrogens is 949 g/mol. The van der Waals surface area contributed by atoms with Crippen LogP contribution in [0.15, 0.2) is 72.9 Å². The lowest BCUT2D eigenvalue weighted by Crippen LogP contribution is -2.61. The first kappa shape index (κ1) is 69.2. The van der Waals surface area contributed by atoms with Crippen LogP contribution in [0.1, 0.15) is 252 Å². The molecule has 0 amide bonds. The van der Waals surface area contributed by atoms with Crippen LogP contribution in [0.25, 0.3) is 0 Å². The van der Waals surface area contributed by atoms with Gasteiger partial charge in [-0.05, 0) is 77.0 Å². The second-order valence-electron chi connectivity index (χ2n) is 20.3. The highest BCUT2D eigenvalue weighted by atomic mass is 16.7. The number of allylic oxidation sites excluding steroid dienone is 12. The van der Waals surface area contributed by atoms with Crippen LogP contribution < -0.4 is 0 Å². The average molecular weight is 1060 g/mol. The summed E-state index contributed by atoms with van der Waals surface area (Å²) >= 11 is 0. The molecule has 0 bridgehead atoms. The van der Waals surface area contributed by atoms with E-state index in [1.54, 1.807) is 0 Å². The molecule has 3 N–H and O–H groups in total. The van der Waals surface area contributed by atoms with Crippen LogP contribution in [0.3, 0.4) is 0 Å². The van der Waals surface area contributed by atoms with E-state index < -0.39 is 67.3 Å². The van der Waals surface area contributed by atoms with Crippen LogP contribution >= 0.6 is 0 Å². The van der Waals surface area contributed by atoms with E-state index in [1.807, 2.05) is 18.2 Å². The number of rotatable bonds is 50. The third-order valence-corrected chi connectivity index (χ3v) is 13.3. The molecule has 430 valence electrons. The van der Waals surface area contributed by atoms with Crippen LogP contribution in [-0.2, 0) is 42.9 Å². The van der Waals surface area contributed by atoms with Crippen LogP contribution in [-0.4, -0.2) is 89.2 Å². The van der Waals surface area contributed by atoms with E-state index in [9.17, 15) is 34.5 Å². The van der Waals surface area contributed by atoms with E-state index >= 15 is 0 Å². The largest absolute Gasteiger partial charge is 0.479 e. The summed E-state index contributed by atoms with van der Waals surface area (Å²) in [4.78, 5) is 51.1. The number of aliphatic carboxylic acids is 1. The van der Waals surface area contributed by atoms with Crippen molar-refractivity contribution < 1.29 is 58.2 Å². The Hall–Kier alpha value is -3.84. The number of carboxylic acids is 1. The van der Waals surface area contributed by atoms with Crippen LogP contribution in [0.4, 0.5) is 0 Å². The van der Waals surface area contributed by atoms with Crippen LogP contribution in [0.5, 0.6) is 0 Å². The Morgan fingerprint density at radius 2 is 0.867 bits per heavy atom. The van der Waals surface area contributed by atoms with Gasteiger partial charge in [0.2, 0.25) is 0 Å². The molecule has 1 fully saturated rings. The van der Waals surface area contributed by atoms with Crippen molar-refractivity contribution in [1.29, 1.82) is 0 Å². The Balaban J connectivity index is 2.69. The first-order chi connectivity index (χ1) is 36.6. The van der Waals surface area contributed by atoms with Gasteiger partial charge in [0, 0.05) is 19.3 Å². The van der Waals surface area contributed by atoms with E-state index in [2.05, 4.69) is 75.5 Å².